The maximum absolute atomic E-state index is 14.0. The van der Waals surface area contributed by atoms with Crippen molar-refractivity contribution >= 4 is 23.1 Å². The number of carbonyl (C=O) groups excluding carboxylic acids is 1. The number of ether oxygens (including phenoxy) is 2. The van der Waals surface area contributed by atoms with Crippen LogP contribution in [0.15, 0.2) is 46.0 Å². The van der Waals surface area contributed by atoms with Gasteiger partial charge in [0.15, 0.2) is 17.1 Å². The van der Waals surface area contributed by atoms with Crippen molar-refractivity contribution in [1.82, 2.24) is 15.2 Å². The highest BCUT2D eigenvalue weighted by molar-refractivity contribution is 7.11. The lowest BCUT2D eigenvalue weighted by atomic mass is 9.92. The average Bonchev–Trinajstić information content (AvgIpc) is 3.42. The first-order valence-corrected chi connectivity index (χ1v) is 12.9. The van der Waals surface area contributed by atoms with Gasteiger partial charge in [0, 0.05) is 48.9 Å². The lowest BCUT2D eigenvalue weighted by Gasteiger charge is -2.35. The van der Waals surface area contributed by atoms with Crippen LogP contribution in [0.1, 0.15) is 41.9 Å². The standard InChI is InChI=1S/C26H29FN4O5S/c1-3-16-13-17(27)5-7-19(16)23-22(26(34)35-4-2)20(29-24(30-23)25-28-9-12-37-25)15-31-10-11-36-18(14-31)6-8-21(32)33/h1,5,7,9,12-13,18,21,23,32-33H,4,6,8,10-11,14-15H2,2H3,(H,29,30)/t18-,23?/m1/s1. The van der Waals surface area contributed by atoms with Crippen LogP contribution in [-0.2, 0) is 14.3 Å². The molecule has 0 spiro atoms. The fraction of sp³-hybridized carbons (Fsp3) is 0.423. The molecule has 9 nitrogen and oxygen atoms in total. The molecule has 3 N–H and O–H groups in total. The summed E-state index contributed by atoms with van der Waals surface area (Å²) in [5.74, 6) is 1.96. The van der Waals surface area contributed by atoms with Crippen LogP contribution in [0.3, 0.4) is 0 Å². The molecular weight excluding hydrogens is 499 g/mol. The van der Waals surface area contributed by atoms with Crippen LogP contribution in [0.4, 0.5) is 4.39 Å². The first-order chi connectivity index (χ1) is 17.9. The van der Waals surface area contributed by atoms with Crippen molar-refractivity contribution in [3.05, 3.63) is 63.0 Å². The topological polar surface area (TPSA) is 117 Å². The Kier molecular flexibility index (Phi) is 9.02. The number of aromatic nitrogens is 1. The van der Waals surface area contributed by atoms with Gasteiger partial charge < -0.3 is 25.0 Å². The lowest BCUT2D eigenvalue weighted by molar-refractivity contribution is -0.139. The Hall–Kier alpha value is -3.14. The zero-order valence-electron chi connectivity index (χ0n) is 20.4. The Morgan fingerprint density at radius 3 is 3.00 bits per heavy atom. The second-order valence-corrected chi connectivity index (χ2v) is 9.51. The summed E-state index contributed by atoms with van der Waals surface area (Å²) >= 11 is 1.39. The molecule has 0 bridgehead atoms. The van der Waals surface area contributed by atoms with Gasteiger partial charge in [-0.25, -0.2) is 14.2 Å². The van der Waals surface area contributed by atoms with Crippen molar-refractivity contribution in [2.24, 2.45) is 4.99 Å². The Bertz CT molecular complexity index is 1210. The molecule has 3 heterocycles. The summed E-state index contributed by atoms with van der Waals surface area (Å²) in [6.07, 6.45) is 6.48. The van der Waals surface area contributed by atoms with Gasteiger partial charge in [-0.15, -0.1) is 17.8 Å². The van der Waals surface area contributed by atoms with Crippen LogP contribution in [0.2, 0.25) is 0 Å². The Balaban J connectivity index is 1.74. The number of morpholine rings is 1. The van der Waals surface area contributed by atoms with Gasteiger partial charge in [0.25, 0.3) is 0 Å². The molecule has 2 aliphatic rings. The van der Waals surface area contributed by atoms with E-state index >= 15 is 0 Å². The molecule has 2 atom stereocenters. The molecule has 1 unspecified atom stereocenters. The molecule has 0 amide bonds. The van der Waals surface area contributed by atoms with Crippen LogP contribution >= 0.6 is 11.3 Å². The van der Waals surface area contributed by atoms with E-state index in [0.29, 0.717) is 65.9 Å². The van der Waals surface area contributed by atoms with Gasteiger partial charge in [0.1, 0.15) is 11.9 Å². The van der Waals surface area contributed by atoms with Gasteiger partial charge in [-0.1, -0.05) is 12.0 Å². The smallest absolute Gasteiger partial charge is 0.338 e. The molecule has 0 aliphatic carbocycles. The molecule has 1 saturated heterocycles. The predicted molar refractivity (Wildman–Crippen MR) is 136 cm³/mol. The number of halogens is 1. The third-order valence-electron chi connectivity index (χ3n) is 6.07. The van der Waals surface area contributed by atoms with Gasteiger partial charge in [0.2, 0.25) is 0 Å². The summed E-state index contributed by atoms with van der Waals surface area (Å²) in [4.78, 5) is 24.6. The number of aliphatic hydroxyl groups excluding tert-OH is 1. The van der Waals surface area contributed by atoms with Crippen LogP contribution in [0.5, 0.6) is 0 Å². The number of carbonyl (C=O) groups is 1. The van der Waals surface area contributed by atoms with Crippen molar-refractivity contribution in [3.63, 3.8) is 0 Å². The number of benzene rings is 1. The van der Waals surface area contributed by atoms with Crippen molar-refractivity contribution < 1.29 is 28.9 Å². The second-order valence-electron chi connectivity index (χ2n) is 8.62. The number of nitrogens with one attached hydrogen (secondary N) is 1. The predicted octanol–water partition coefficient (Wildman–Crippen LogP) is 1.96. The van der Waals surface area contributed by atoms with Crippen molar-refractivity contribution in [2.45, 2.75) is 38.2 Å². The number of amidine groups is 1. The first kappa shape index (κ1) is 26.9. The van der Waals surface area contributed by atoms with Crippen molar-refractivity contribution in [2.75, 3.05) is 32.8 Å². The average molecular weight is 529 g/mol. The third kappa shape index (κ3) is 6.60. The molecule has 11 heteroatoms. The Morgan fingerprint density at radius 2 is 2.30 bits per heavy atom. The molecule has 2 aliphatic heterocycles. The van der Waals surface area contributed by atoms with E-state index in [9.17, 15) is 19.4 Å². The maximum Gasteiger partial charge on any atom is 0.338 e. The van der Waals surface area contributed by atoms with Crippen LogP contribution in [0.25, 0.3) is 0 Å². The van der Waals surface area contributed by atoms with Crippen LogP contribution in [0, 0.1) is 18.2 Å². The SMILES string of the molecule is C#Cc1cc(F)ccc1C1N=C(c2nccs2)NC(CN2CCO[C@H](CCC(O)O)C2)=C1C(=O)OCC. The van der Waals surface area contributed by atoms with E-state index in [1.54, 1.807) is 19.2 Å². The van der Waals surface area contributed by atoms with E-state index in [0.717, 1.165) is 0 Å². The number of hydrogen-bond donors (Lipinski definition) is 3. The van der Waals surface area contributed by atoms with E-state index < -0.39 is 24.1 Å². The highest BCUT2D eigenvalue weighted by Gasteiger charge is 2.35. The second kappa shape index (κ2) is 12.4. The van der Waals surface area contributed by atoms with Gasteiger partial charge in [-0.3, -0.25) is 9.89 Å². The zero-order valence-corrected chi connectivity index (χ0v) is 21.2. The molecule has 0 saturated carbocycles. The van der Waals surface area contributed by atoms with Crippen LogP contribution in [-0.4, -0.2) is 77.1 Å². The Morgan fingerprint density at radius 1 is 1.46 bits per heavy atom. The molecule has 1 aromatic heterocycles. The number of esters is 1. The Labute approximate surface area is 218 Å². The fourth-order valence-corrected chi connectivity index (χ4v) is 4.98. The molecule has 196 valence electrons. The number of thiazole rings is 1. The number of aliphatic hydroxyl groups is 2. The van der Waals surface area contributed by atoms with E-state index in [1.165, 1.54) is 23.5 Å². The van der Waals surface area contributed by atoms with E-state index in [4.69, 9.17) is 20.9 Å². The summed E-state index contributed by atoms with van der Waals surface area (Å²) in [6.45, 7) is 3.85. The molecule has 4 rings (SSSR count). The summed E-state index contributed by atoms with van der Waals surface area (Å²) in [5, 5.41) is 24.2. The largest absolute Gasteiger partial charge is 0.463 e. The first-order valence-electron chi connectivity index (χ1n) is 12.0. The number of rotatable bonds is 9. The summed E-state index contributed by atoms with van der Waals surface area (Å²) in [6, 6.07) is 3.26. The van der Waals surface area contributed by atoms with Crippen molar-refractivity contribution in [3.8, 4) is 12.3 Å². The molecule has 1 aromatic carbocycles. The molecule has 0 radical (unpaired) electrons. The highest BCUT2D eigenvalue weighted by atomic mass is 32.1. The summed E-state index contributed by atoms with van der Waals surface area (Å²) in [5.41, 5.74) is 1.68. The molecule has 2 aromatic rings. The third-order valence-corrected chi connectivity index (χ3v) is 6.85. The van der Waals surface area contributed by atoms with Gasteiger partial charge in [-0.2, -0.15) is 0 Å². The number of terminal acetylenes is 1. The minimum absolute atomic E-state index is 0.167. The molecular formula is C26H29FN4O5S. The summed E-state index contributed by atoms with van der Waals surface area (Å²) < 4.78 is 25.2. The van der Waals surface area contributed by atoms with Crippen LogP contribution < -0.4 is 5.32 Å². The van der Waals surface area contributed by atoms with Gasteiger partial charge in [-0.05, 0) is 31.0 Å². The minimum Gasteiger partial charge on any atom is -0.463 e. The molecule has 1 fully saturated rings. The maximum atomic E-state index is 14.0. The van der Waals surface area contributed by atoms with E-state index in [1.807, 2.05) is 5.38 Å². The number of hydrogen-bond acceptors (Lipinski definition) is 10. The number of aliphatic imine (C=N–C) groups is 1. The monoisotopic (exact) mass is 528 g/mol. The lowest BCUT2D eigenvalue weighted by Crippen LogP contribution is -2.46. The number of nitrogens with zero attached hydrogens (tertiary/aromatic N) is 3. The quantitative estimate of drug-likeness (QED) is 0.257. The highest BCUT2D eigenvalue weighted by Crippen LogP contribution is 2.35. The van der Waals surface area contributed by atoms with Gasteiger partial charge >= 0.3 is 5.97 Å². The normalized spacial score (nSPS) is 20.4. The minimum atomic E-state index is -1.39. The van der Waals surface area contributed by atoms with E-state index in [-0.39, 0.29) is 19.1 Å². The molecule has 37 heavy (non-hydrogen) atoms. The summed E-state index contributed by atoms with van der Waals surface area (Å²) in [7, 11) is 0. The van der Waals surface area contributed by atoms with Crippen molar-refractivity contribution in [1.29, 1.82) is 0 Å². The van der Waals surface area contributed by atoms with Gasteiger partial charge in [0.05, 0.1) is 24.9 Å². The van der Waals surface area contributed by atoms with E-state index in [2.05, 4.69) is 21.1 Å². The zero-order chi connectivity index (χ0) is 26.4. The fourth-order valence-electron chi connectivity index (χ4n) is 4.39.